The Morgan fingerprint density at radius 1 is 1.23 bits per heavy atom. The highest BCUT2D eigenvalue weighted by Crippen LogP contribution is 2.50. The van der Waals surface area contributed by atoms with E-state index in [0.29, 0.717) is 19.2 Å². The maximum Gasteiger partial charge on any atom is 0.455 e. The van der Waals surface area contributed by atoms with E-state index in [1.165, 1.54) is 10.5 Å². The van der Waals surface area contributed by atoms with Crippen LogP contribution in [-0.2, 0) is 14.2 Å². The Balaban J connectivity index is 1.53. The fraction of sp³-hybridized carbons (Fsp3) is 0.478. The Morgan fingerprint density at radius 3 is 2.63 bits per heavy atom. The number of likely N-dealkylation sites (tertiary alicyclic amines) is 1. The standard InChI is InChI=1S/C23H28BNO5/c1-13(10-15-5-7-16(26)8-6-15)4-9-19-20-14(2)11-17-21(18(20)12-24(29)30-19)23(28)25(3)22(17)27/h5-8,10,17-19,21,26,29H,4,9,11-12H2,1-3H3/b13-10+/t17-,18+,19-,21-/m1/s1. The van der Waals surface area contributed by atoms with E-state index in [-0.39, 0.29) is 41.4 Å². The summed E-state index contributed by atoms with van der Waals surface area (Å²) in [5.41, 5.74) is 4.41. The summed E-state index contributed by atoms with van der Waals surface area (Å²) >= 11 is 0. The number of imide groups is 1. The zero-order valence-corrected chi connectivity index (χ0v) is 17.7. The van der Waals surface area contributed by atoms with E-state index >= 15 is 0 Å². The molecule has 2 aliphatic heterocycles. The first-order chi connectivity index (χ1) is 14.3. The van der Waals surface area contributed by atoms with Crippen LogP contribution in [0.4, 0.5) is 0 Å². The smallest absolute Gasteiger partial charge is 0.455 e. The van der Waals surface area contributed by atoms with Crippen molar-refractivity contribution in [2.75, 3.05) is 7.05 Å². The van der Waals surface area contributed by atoms with E-state index in [2.05, 4.69) is 13.0 Å². The van der Waals surface area contributed by atoms with Gasteiger partial charge in [-0.15, -0.1) is 0 Å². The maximum atomic E-state index is 12.8. The Hall–Kier alpha value is -2.38. The highest BCUT2D eigenvalue weighted by atomic mass is 16.5. The number of aromatic hydroxyl groups is 1. The quantitative estimate of drug-likeness (QED) is 0.454. The largest absolute Gasteiger partial charge is 0.508 e. The first kappa shape index (κ1) is 20.9. The third-order valence-corrected chi connectivity index (χ3v) is 6.78. The van der Waals surface area contributed by atoms with Crippen molar-refractivity contribution in [3.63, 3.8) is 0 Å². The Labute approximate surface area is 177 Å². The SMILES string of the molecule is CC1=C2[C@@H](CC/C(C)=C/c3ccc(O)cc3)OB(O)C[C@@H]2[C@@H]2C(=O)N(C)C(=O)[C@@H]2C1. The van der Waals surface area contributed by atoms with Crippen molar-refractivity contribution in [2.24, 2.45) is 17.8 Å². The molecule has 6 nitrogen and oxygen atoms in total. The summed E-state index contributed by atoms with van der Waals surface area (Å²) in [6.45, 7) is 4.08. The molecule has 4 atom stereocenters. The molecule has 0 radical (unpaired) electrons. The maximum absolute atomic E-state index is 12.8. The Bertz CT molecular complexity index is 922. The van der Waals surface area contributed by atoms with Crippen LogP contribution in [0.3, 0.4) is 0 Å². The van der Waals surface area contributed by atoms with Crippen LogP contribution in [0.5, 0.6) is 5.75 Å². The zero-order chi connectivity index (χ0) is 21.6. The molecule has 158 valence electrons. The van der Waals surface area contributed by atoms with Crippen molar-refractivity contribution in [1.82, 2.24) is 4.90 Å². The van der Waals surface area contributed by atoms with Crippen molar-refractivity contribution in [3.8, 4) is 5.75 Å². The molecule has 2 saturated heterocycles. The molecule has 3 aliphatic rings. The lowest BCUT2D eigenvalue weighted by molar-refractivity contribution is -0.138. The van der Waals surface area contributed by atoms with Crippen LogP contribution in [0, 0.1) is 17.8 Å². The number of hydrogen-bond donors (Lipinski definition) is 2. The molecule has 2 fully saturated rings. The van der Waals surface area contributed by atoms with Gasteiger partial charge in [0.25, 0.3) is 0 Å². The number of phenolic OH excluding ortho intramolecular Hbond substituents is 1. The third kappa shape index (κ3) is 3.72. The van der Waals surface area contributed by atoms with Gasteiger partial charge < -0.3 is 14.8 Å². The lowest BCUT2D eigenvalue weighted by atomic mass is 9.59. The van der Waals surface area contributed by atoms with Crippen LogP contribution in [0.25, 0.3) is 6.08 Å². The van der Waals surface area contributed by atoms with E-state index in [0.717, 1.165) is 23.1 Å². The Kier molecular flexibility index (Phi) is 5.60. The predicted octanol–water partition coefficient (Wildman–Crippen LogP) is 3.02. The number of phenols is 1. The summed E-state index contributed by atoms with van der Waals surface area (Å²) in [4.78, 5) is 26.5. The molecule has 0 unspecified atom stereocenters. The minimum atomic E-state index is -0.925. The summed E-state index contributed by atoms with van der Waals surface area (Å²) in [6, 6.07) is 7.05. The number of carbonyl (C=O) groups is 2. The lowest BCUT2D eigenvalue weighted by Gasteiger charge is -2.42. The second-order valence-electron chi connectivity index (χ2n) is 8.85. The van der Waals surface area contributed by atoms with Crippen LogP contribution in [0.1, 0.15) is 38.7 Å². The molecule has 7 heteroatoms. The van der Waals surface area contributed by atoms with Gasteiger partial charge >= 0.3 is 7.12 Å². The van der Waals surface area contributed by atoms with Gasteiger partial charge in [0.05, 0.1) is 17.9 Å². The van der Waals surface area contributed by atoms with Crippen LogP contribution in [-0.4, -0.2) is 47.1 Å². The average molecular weight is 409 g/mol. The molecule has 1 aromatic carbocycles. The van der Waals surface area contributed by atoms with Gasteiger partial charge in [0.15, 0.2) is 0 Å². The van der Waals surface area contributed by atoms with Crippen molar-refractivity contribution in [1.29, 1.82) is 0 Å². The number of carbonyl (C=O) groups excluding carboxylic acids is 2. The number of benzene rings is 1. The first-order valence-corrected chi connectivity index (χ1v) is 10.6. The van der Waals surface area contributed by atoms with E-state index in [4.69, 9.17) is 4.65 Å². The van der Waals surface area contributed by atoms with Gasteiger partial charge in [-0.3, -0.25) is 14.5 Å². The molecule has 2 N–H and O–H groups in total. The second kappa shape index (κ2) is 8.04. The van der Waals surface area contributed by atoms with E-state index in [1.807, 2.05) is 19.1 Å². The van der Waals surface area contributed by atoms with Gasteiger partial charge in [-0.05, 0) is 68.6 Å². The van der Waals surface area contributed by atoms with Crippen molar-refractivity contribution < 1.29 is 24.4 Å². The molecule has 4 rings (SSSR count). The van der Waals surface area contributed by atoms with Gasteiger partial charge in [0.1, 0.15) is 5.75 Å². The van der Waals surface area contributed by atoms with Gasteiger partial charge in [0.2, 0.25) is 11.8 Å². The molecule has 0 bridgehead atoms. The second-order valence-corrected chi connectivity index (χ2v) is 8.85. The molecule has 0 saturated carbocycles. The molecular formula is C23H28BNO5. The fourth-order valence-corrected chi connectivity index (χ4v) is 5.36. The molecule has 2 amide bonds. The first-order valence-electron chi connectivity index (χ1n) is 10.6. The van der Waals surface area contributed by atoms with Gasteiger partial charge in [0, 0.05) is 7.05 Å². The molecule has 2 heterocycles. The number of nitrogens with zero attached hydrogens (tertiary/aromatic N) is 1. The molecule has 30 heavy (non-hydrogen) atoms. The lowest BCUT2D eigenvalue weighted by Crippen LogP contribution is -2.45. The molecule has 1 aliphatic carbocycles. The summed E-state index contributed by atoms with van der Waals surface area (Å²) in [5.74, 6) is -0.816. The number of hydrogen-bond acceptors (Lipinski definition) is 5. The highest BCUT2D eigenvalue weighted by Gasteiger charge is 2.55. The molecule has 0 aromatic heterocycles. The van der Waals surface area contributed by atoms with Gasteiger partial charge in [-0.25, -0.2) is 0 Å². The van der Waals surface area contributed by atoms with E-state index < -0.39 is 7.12 Å². The van der Waals surface area contributed by atoms with E-state index in [9.17, 15) is 19.7 Å². The molecule has 1 aromatic rings. The number of rotatable bonds is 4. The zero-order valence-electron chi connectivity index (χ0n) is 17.7. The number of allylic oxidation sites excluding steroid dienone is 2. The van der Waals surface area contributed by atoms with Crippen LogP contribution in [0.15, 0.2) is 41.0 Å². The number of fused-ring (bicyclic) bond motifs is 3. The third-order valence-electron chi connectivity index (χ3n) is 6.78. The minimum Gasteiger partial charge on any atom is -0.508 e. The highest BCUT2D eigenvalue weighted by molar-refractivity contribution is 6.43. The topological polar surface area (TPSA) is 87.1 Å². The van der Waals surface area contributed by atoms with Crippen molar-refractivity contribution in [2.45, 2.75) is 45.5 Å². The molecule has 0 spiro atoms. The average Bonchev–Trinajstić information content (AvgIpc) is 2.92. The summed E-state index contributed by atoms with van der Waals surface area (Å²) in [6.07, 6.45) is 4.25. The van der Waals surface area contributed by atoms with Crippen molar-refractivity contribution >= 4 is 25.0 Å². The monoisotopic (exact) mass is 409 g/mol. The Morgan fingerprint density at radius 2 is 1.93 bits per heavy atom. The van der Waals surface area contributed by atoms with Gasteiger partial charge in [-0.1, -0.05) is 29.4 Å². The van der Waals surface area contributed by atoms with Crippen LogP contribution >= 0.6 is 0 Å². The van der Waals surface area contributed by atoms with Crippen molar-refractivity contribution in [3.05, 3.63) is 46.5 Å². The number of amides is 2. The van der Waals surface area contributed by atoms with Crippen LogP contribution in [0.2, 0.25) is 6.32 Å². The van der Waals surface area contributed by atoms with Gasteiger partial charge in [-0.2, -0.15) is 0 Å². The fourth-order valence-electron chi connectivity index (χ4n) is 5.36. The summed E-state index contributed by atoms with van der Waals surface area (Å²) in [5, 5.41) is 19.8. The summed E-state index contributed by atoms with van der Waals surface area (Å²) in [7, 11) is 0.633. The minimum absolute atomic E-state index is 0.103. The summed E-state index contributed by atoms with van der Waals surface area (Å²) < 4.78 is 5.91. The van der Waals surface area contributed by atoms with Crippen LogP contribution < -0.4 is 0 Å². The normalized spacial score (nSPS) is 29.4. The predicted molar refractivity (Wildman–Crippen MR) is 114 cm³/mol. The van der Waals surface area contributed by atoms with E-state index in [1.54, 1.807) is 19.2 Å². The molecular weight excluding hydrogens is 381 g/mol.